The van der Waals surface area contributed by atoms with Gasteiger partial charge in [-0.2, -0.15) is 0 Å². The molecule has 0 amide bonds. The number of esters is 1. The van der Waals surface area contributed by atoms with Gasteiger partial charge in [-0.05, 0) is 30.7 Å². The fourth-order valence-corrected chi connectivity index (χ4v) is 2.15. The topological polar surface area (TPSA) is 83.7 Å². The minimum Gasteiger partial charge on any atom is -0.461 e. The largest absolute Gasteiger partial charge is 0.461 e. The Hall–Kier alpha value is -2.76. The van der Waals surface area contributed by atoms with E-state index in [2.05, 4.69) is 4.98 Å². The third-order valence-electron chi connectivity index (χ3n) is 3.14. The number of nitrogens with zero attached hydrogens (tertiary/aromatic N) is 1. The van der Waals surface area contributed by atoms with E-state index in [-0.39, 0.29) is 24.8 Å². The van der Waals surface area contributed by atoms with E-state index < -0.39 is 5.97 Å². The molecule has 1 aromatic carbocycles. The fraction of sp³-hybridized carbons (Fsp3) is 0.200. The van der Waals surface area contributed by atoms with Gasteiger partial charge in [-0.3, -0.25) is 0 Å². The third-order valence-corrected chi connectivity index (χ3v) is 3.14. The zero-order valence-electron chi connectivity index (χ0n) is 11.5. The first-order valence-electron chi connectivity index (χ1n) is 6.52. The van der Waals surface area contributed by atoms with Crippen LogP contribution in [0.1, 0.15) is 17.4 Å². The van der Waals surface area contributed by atoms with Gasteiger partial charge in [0.15, 0.2) is 17.2 Å². The van der Waals surface area contributed by atoms with Crippen LogP contribution >= 0.6 is 0 Å². The summed E-state index contributed by atoms with van der Waals surface area (Å²) in [6, 6.07) is 7.23. The van der Waals surface area contributed by atoms with E-state index in [1.165, 1.54) is 6.20 Å². The Bertz CT molecular complexity index is 700. The highest BCUT2D eigenvalue weighted by molar-refractivity contribution is 5.97. The fourth-order valence-electron chi connectivity index (χ4n) is 2.15. The van der Waals surface area contributed by atoms with Crippen LogP contribution in [0, 0.1) is 0 Å². The monoisotopic (exact) mass is 286 g/mol. The maximum atomic E-state index is 11.8. The Morgan fingerprint density at radius 2 is 2.14 bits per heavy atom. The molecule has 0 radical (unpaired) electrons. The molecule has 2 N–H and O–H groups in total. The van der Waals surface area contributed by atoms with Gasteiger partial charge in [0.25, 0.3) is 0 Å². The smallest absolute Gasteiger partial charge is 0.359 e. The lowest BCUT2D eigenvalue weighted by Gasteiger charge is -2.10. The van der Waals surface area contributed by atoms with Gasteiger partial charge in [0.2, 0.25) is 6.79 Å². The summed E-state index contributed by atoms with van der Waals surface area (Å²) in [5, 5.41) is 0. The summed E-state index contributed by atoms with van der Waals surface area (Å²) < 4.78 is 15.6. The molecule has 2 aromatic rings. The molecule has 2 heterocycles. The summed E-state index contributed by atoms with van der Waals surface area (Å²) >= 11 is 0. The number of rotatable bonds is 3. The van der Waals surface area contributed by atoms with E-state index in [0.717, 1.165) is 5.56 Å². The third kappa shape index (κ3) is 2.35. The highest BCUT2D eigenvalue weighted by Crippen LogP contribution is 2.37. The number of nitrogens with two attached hydrogens (primary N) is 1. The number of ether oxygens (including phenoxy) is 3. The molecule has 108 valence electrons. The van der Waals surface area contributed by atoms with Crippen molar-refractivity contribution >= 4 is 11.7 Å². The van der Waals surface area contributed by atoms with Crippen molar-refractivity contribution in [3.63, 3.8) is 0 Å². The van der Waals surface area contributed by atoms with Gasteiger partial charge in [-0.25, -0.2) is 9.78 Å². The Morgan fingerprint density at radius 3 is 2.95 bits per heavy atom. The second-order valence-electron chi connectivity index (χ2n) is 4.41. The van der Waals surface area contributed by atoms with Gasteiger partial charge in [0, 0.05) is 11.8 Å². The molecular weight excluding hydrogens is 272 g/mol. The molecule has 6 nitrogen and oxygen atoms in total. The number of hydrogen-bond acceptors (Lipinski definition) is 6. The molecule has 0 spiro atoms. The van der Waals surface area contributed by atoms with E-state index in [4.69, 9.17) is 19.9 Å². The summed E-state index contributed by atoms with van der Waals surface area (Å²) in [6.45, 7) is 2.21. The van der Waals surface area contributed by atoms with E-state index >= 15 is 0 Å². The summed E-state index contributed by atoms with van der Waals surface area (Å²) in [4.78, 5) is 15.8. The van der Waals surface area contributed by atoms with Crippen LogP contribution in [0.5, 0.6) is 11.5 Å². The average molecular weight is 286 g/mol. The maximum Gasteiger partial charge on any atom is 0.359 e. The minimum atomic E-state index is -0.530. The summed E-state index contributed by atoms with van der Waals surface area (Å²) in [5.74, 6) is 0.816. The van der Waals surface area contributed by atoms with Gasteiger partial charge >= 0.3 is 5.97 Å². The molecule has 0 atom stereocenters. The predicted molar refractivity (Wildman–Crippen MR) is 76.2 cm³/mol. The van der Waals surface area contributed by atoms with Crippen molar-refractivity contribution in [1.29, 1.82) is 0 Å². The summed E-state index contributed by atoms with van der Waals surface area (Å²) in [6.07, 6.45) is 1.53. The molecular formula is C15H14N2O4. The molecule has 0 aliphatic carbocycles. The normalized spacial score (nSPS) is 12.2. The van der Waals surface area contributed by atoms with Crippen LogP contribution in [0.25, 0.3) is 11.1 Å². The second kappa shape index (κ2) is 5.32. The molecule has 21 heavy (non-hydrogen) atoms. The number of nitrogen functional groups attached to an aromatic ring is 1. The standard InChI is InChI=1S/C15H14N2O4/c1-2-19-15(18)14-13(16)10(5-6-17-14)9-3-4-11-12(7-9)21-8-20-11/h3-7H,2,8,16H2,1H3. The van der Waals surface area contributed by atoms with E-state index in [9.17, 15) is 4.79 Å². The van der Waals surface area contributed by atoms with Crippen LogP contribution in [0.4, 0.5) is 5.69 Å². The molecule has 1 aliphatic rings. The Kier molecular flexibility index (Phi) is 3.35. The van der Waals surface area contributed by atoms with Gasteiger partial charge in [0.1, 0.15) is 0 Å². The molecule has 6 heteroatoms. The van der Waals surface area contributed by atoms with Crippen molar-refractivity contribution in [2.24, 2.45) is 0 Å². The molecule has 1 aliphatic heterocycles. The first-order chi connectivity index (χ1) is 10.2. The number of fused-ring (bicyclic) bond motifs is 1. The predicted octanol–water partition coefficient (Wildman–Crippen LogP) is 2.24. The molecule has 0 fully saturated rings. The van der Waals surface area contributed by atoms with Crippen LogP contribution in [0.2, 0.25) is 0 Å². The second-order valence-corrected chi connectivity index (χ2v) is 4.41. The van der Waals surface area contributed by atoms with E-state index in [0.29, 0.717) is 17.1 Å². The number of pyridine rings is 1. The highest BCUT2D eigenvalue weighted by atomic mass is 16.7. The molecule has 3 rings (SSSR count). The SMILES string of the molecule is CCOC(=O)c1nccc(-c2ccc3c(c2)OCO3)c1N. The number of aromatic nitrogens is 1. The van der Waals surface area contributed by atoms with Crippen LogP contribution < -0.4 is 15.2 Å². The van der Waals surface area contributed by atoms with E-state index in [1.807, 2.05) is 18.2 Å². The van der Waals surface area contributed by atoms with Gasteiger partial charge in [-0.1, -0.05) is 6.07 Å². The Balaban J connectivity index is 2.03. The lowest BCUT2D eigenvalue weighted by atomic mass is 10.0. The van der Waals surface area contributed by atoms with Crippen molar-refractivity contribution in [2.45, 2.75) is 6.92 Å². The molecule has 0 bridgehead atoms. The number of carbonyl (C=O) groups is 1. The lowest BCUT2D eigenvalue weighted by molar-refractivity contribution is 0.0521. The van der Waals surface area contributed by atoms with Crippen molar-refractivity contribution in [3.8, 4) is 22.6 Å². The van der Waals surface area contributed by atoms with Crippen LogP contribution in [0.15, 0.2) is 30.5 Å². The van der Waals surface area contributed by atoms with Crippen LogP contribution in [-0.2, 0) is 4.74 Å². The first kappa shape index (κ1) is 13.2. The van der Waals surface area contributed by atoms with Crippen LogP contribution in [0.3, 0.4) is 0 Å². The zero-order chi connectivity index (χ0) is 14.8. The number of hydrogen-bond donors (Lipinski definition) is 1. The van der Waals surface area contributed by atoms with Gasteiger partial charge in [0.05, 0.1) is 12.3 Å². The quantitative estimate of drug-likeness (QED) is 0.871. The zero-order valence-corrected chi connectivity index (χ0v) is 11.5. The van der Waals surface area contributed by atoms with Gasteiger partial charge < -0.3 is 19.9 Å². The molecule has 0 saturated heterocycles. The summed E-state index contributed by atoms with van der Waals surface area (Å²) in [5.41, 5.74) is 7.98. The Labute approximate surface area is 121 Å². The van der Waals surface area contributed by atoms with Crippen molar-refractivity contribution < 1.29 is 19.0 Å². The van der Waals surface area contributed by atoms with Crippen molar-refractivity contribution in [1.82, 2.24) is 4.98 Å². The molecule has 0 saturated carbocycles. The van der Waals surface area contributed by atoms with Crippen molar-refractivity contribution in [3.05, 3.63) is 36.2 Å². The molecule has 1 aromatic heterocycles. The highest BCUT2D eigenvalue weighted by Gasteiger charge is 2.19. The minimum absolute atomic E-state index is 0.118. The first-order valence-corrected chi connectivity index (χ1v) is 6.52. The van der Waals surface area contributed by atoms with Crippen LogP contribution in [-0.4, -0.2) is 24.4 Å². The van der Waals surface area contributed by atoms with Gasteiger partial charge in [-0.15, -0.1) is 0 Å². The number of carbonyl (C=O) groups excluding carboxylic acids is 1. The molecule has 0 unspecified atom stereocenters. The Morgan fingerprint density at radius 1 is 1.33 bits per heavy atom. The maximum absolute atomic E-state index is 11.8. The lowest BCUT2D eigenvalue weighted by Crippen LogP contribution is -2.11. The van der Waals surface area contributed by atoms with E-state index in [1.54, 1.807) is 13.0 Å². The average Bonchev–Trinajstić information content (AvgIpc) is 2.95. The summed E-state index contributed by atoms with van der Waals surface area (Å²) in [7, 11) is 0. The van der Waals surface area contributed by atoms with Crippen molar-refractivity contribution in [2.75, 3.05) is 19.1 Å². The number of benzene rings is 1. The number of anilines is 1.